The quantitative estimate of drug-likeness (QED) is 0.828. The summed E-state index contributed by atoms with van der Waals surface area (Å²) in [4.78, 5) is 20.5. The van der Waals surface area contributed by atoms with Crippen molar-refractivity contribution >= 4 is 17.2 Å². The number of hydrogen-bond donors (Lipinski definition) is 2. The smallest absolute Gasteiger partial charge is 0.271 e. The minimum Gasteiger partial charge on any atom is -0.345 e. The van der Waals surface area contributed by atoms with Crippen LogP contribution in [-0.2, 0) is 6.54 Å². The van der Waals surface area contributed by atoms with E-state index in [1.165, 1.54) is 0 Å². The lowest BCUT2D eigenvalue weighted by molar-refractivity contribution is 0.0945. The van der Waals surface area contributed by atoms with Crippen molar-refractivity contribution in [3.63, 3.8) is 0 Å². The third-order valence-electron chi connectivity index (χ3n) is 2.44. The largest absolute Gasteiger partial charge is 0.345 e. The third kappa shape index (κ3) is 3.63. The summed E-state index contributed by atoms with van der Waals surface area (Å²) < 4.78 is 0. The summed E-state index contributed by atoms with van der Waals surface area (Å²) in [5, 5.41) is 5.68. The van der Waals surface area contributed by atoms with E-state index in [0.29, 0.717) is 17.8 Å². The lowest BCUT2D eigenvalue weighted by Crippen LogP contribution is -2.25. The van der Waals surface area contributed by atoms with E-state index < -0.39 is 0 Å². The van der Waals surface area contributed by atoms with Crippen molar-refractivity contribution in [1.82, 2.24) is 15.3 Å². The molecular weight excluding hydrogens is 272 g/mol. The number of aromatic nitrogens is 2. The van der Waals surface area contributed by atoms with Crippen molar-refractivity contribution in [2.24, 2.45) is 5.73 Å². The summed E-state index contributed by atoms with van der Waals surface area (Å²) in [7, 11) is 0. The number of amides is 1. The third-order valence-corrected chi connectivity index (χ3v) is 3.27. The Hall–Kier alpha value is -2.23. The van der Waals surface area contributed by atoms with Gasteiger partial charge in [0.05, 0.1) is 29.4 Å². The van der Waals surface area contributed by atoms with Crippen molar-refractivity contribution in [1.29, 1.82) is 0 Å². The molecule has 102 valence electrons. The highest BCUT2D eigenvalue weighted by Crippen LogP contribution is 2.08. The zero-order chi connectivity index (χ0) is 14.4. The van der Waals surface area contributed by atoms with E-state index >= 15 is 0 Å². The zero-order valence-electron chi connectivity index (χ0n) is 11.0. The van der Waals surface area contributed by atoms with Gasteiger partial charge in [-0.15, -0.1) is 11.3 Å². The molecule has 2 heterocycles. The van der Waals surface area contributed by atoms with Crippen LogP contribution in [0.5, 0.6) is 0 Å². The lowest BCUT2D eigenvalue weighted by atomic mass is 10.2. The van der Waals surface area contributed by atoms with Crippen LogP contribution in [0.4, 0.5) is 0 Å². The molecular formula is C14H14N4OS. The second-order valence-corrected chi connectivity index (χ2v) is 5.01. The Labute approximate surface area is 121 Å². The van der Waals surface area contributed by atoms with Crippen molar-refractivity contribution < 1.29 is 4.79 Å². The average molecular weight is 286 g/mol. The SMILES string of the molecule is Cc1nc(CNC(=O)c2ncccc2C#CCN)cs1. The number of nitrogens with two attached hydrogens (primary N) is 1. The molecule has 3 N–H and O–H groups in total. The van der Waals surface area contributed by atoms with Gasteiger partial charge in [0, 0.05) is 11.6 Å². The number of nitrogens with zero attached hydrogens (tertiary/aromatic N) is 2. The molecule has 0 atom stereocenters. The molecule has 0 fully saturated rings. The molecule has 5 nitrogen and oxygen atoms in total. The summed E-state index contributed by atoms with van der Waals surface area (Å²) >= 11 is 1.55. The van der Waals surface area contributed by atoms with Crippen LogP contribution in [0.1, 0.15) is 26.8 Å². The Morgan fingerprint density at radius 2 is 2.40 bits per heavy atom. The van der Waals surface area contributed by atoms with E-state index in [-0.39, 0.29) is 12.5 Å². The van der Waals surface area contributed by atoms with Gasteiger partial charge in [-0.1, -0.05) is 11.8 Å². The second-order valence-electron chi connectivity index (χ2n) is 3.95. The van der Waals surface area contributed by atoms with Crippen molar-refractivity contribution in [2.75, 3.05) is 6.54 Å². The number of aryl methyl sites for hydroxylation is 1. The maximum absolute atomic E-state index is 12.1. The Kier molecular flexibility index (Phi) is 4.82. The fourth-order valence-electron chi connectivity index (χ4n) is 1.58. The zero-order valence-corrected chi connectivity index (χ0v) is 11.8. The van der Waals surface area contributed by atoms with Gasteiger partial charge < -0.3 is 11.1 Å². The molecule has 0 aliphatic rings. The first-order valence-corrected chi connectivity index (χ1v) is 6.92. The molecule has 6 heteroatoms. The first kappa shape index (κ1) is 14.2. The molecule has 0 unspecified atom stereocenters. The van der Waals surface area contributed by atoms with Gasteiger partial charge in [0.1, 0.15) is 5.69 Å². The molecule has 1 amide bonds. The molecule has 0 aliphatic heterocycles. The number of hydrogen-bond acceptors (Lipinski definition) is 5. The van der Waals surface area contributed by atoms with Gasteiger partial charge in [-0.2, -0.15) is 0 Å². The second kappa shape index (κ2) is 6.80. The molecule has 0 radical (unpaired) electrons. The van der Waals surface area contributed by atoms with Gasteiger partial charge in [0.15, 0.2) is 0 Å². The number of carbonyl (C=O) groups is 1. The van der Waals surface area contributed by atoms with Crippen LogP contribution in [0.3, 0.4) is 0 Å². The maximum Gasteiger partial charge on any atom is 0.271 e. The number of rotatable bonds is 3. The Bertz CT molecular complexity index is 669. The average Bonchev–Trinajstić information content (AvgIpc) is 2.88. The molecule has 2 rings (SSSR count). The molecule has 0 aromatic carbocycles. The van der Waals surface area contributed by atoms with Crippen LogP contribution in [0.2, 0.25) is 0 Å². The maximum atomic E-state index is 12.1. The van der Waals surface area contributed by atoms with E-state index in [9.17, 15) is 4.79 Å². The van der Waals surface area contributed by atoms with Crippen LogP contribution in [0.15, 0.2) is 23.7 Å². The Balaban J connectivity index is 2.09. The first-order valence-electron chi connectivity index (χ1n) is 6.04. The predicted octanol–water partition coefficient (Wildman–Crippen LogP) is 1.09. The van der Waals surface area contributed by atoms with Crippen LogP contribution in [-0.4, -0.2) is 22.4 Å². The van der Waals surface area contributed by atoms with Crippen molar-refractivity contribution in [3.8, 4) is 11.8 Å². The topological polar surface area (TPSA) is 80.9 Å². The molecule has 0 aliphatic carbocycles. The van der Waals surface area contributed by atoms with E-state index in [1.807, 2.05) is 12.3 Å². The van der Waals surface area contributed by atoms with Crippen LogP contribution >= 0.6 is 11.3 Å². The van der Waals surface area contributed by atoms with Gasteiger partial charge in [0.25, 0.3) is 5.91 Å². The van der Waals surface area contributed by atoms with Crippen LogP contribution < -0.4 is 11.1 Å². The van der Waals surface area contributed by atoms with Crippen LogP contribution in [0, 0.1) is 18.8 Å². The number of carbonyl (C=O) groups excluding carboxylic acids is 1. The van der Waals surface area contributed by atoms with Crippen molar-refractivity contribution in [3.05, 3.63) is 45.7 Å². The molecule has 0 bridgehead atoms. The Morgan fingerprint density at radius 1 is 1.55 bits per heavy atom. The lowest BCUT2D eigenvalue weighted by Gasteiger charge is -2.04. The van der Waals surface area contributed by atoms with E-state index in [0.717, 1.165) is 10.7 Å². The Morgan fingerprint density at radius 3 is 3.10 bits per heavy atom. The molecule has 2 aromatic rings. The van der Waals surface area contributed by atoms with Crippen molar-refractivity contribution in [2.45, 2.75) is 13.5 Å². The van der Waals surface area contributed by atoms with Gasteiger partial charge in [-0.3, -0.25) is 4.79 Å². The fourth-order valence-corrected chi connectivity index (χ4v) is 2.19. The normalized spacial score (nSPS) is 9.70. The first-order chi connectivity index (χ1) is 9.70. The van der Waals surface area contributed by atoms with Gasteiger partial charge >= 0.3 is 0 Å². The number of pyridine rings is 1. The highest BCUT2D eigenvalue weighted by molar-refractivity contribution is 7.09. The number of nitrogens with one attached hydrogen (secondary N) is 1. The summed E-state index contributed by atoms with van der Waals surface area (Å²) in [5.41, 5.74) is 7.06. The standard InChI is InChI=1S/C14H14N4OS/c1-10-18-12(9-20-10)8-17-14(19)13-11(4-2-6-15)5-3-7-16-13/h3,5,7,9H,6,8,15H2,1H3,(H,17,19). The molecule has 0 saturated carbocycles. The highest BCUT2D eigenvalue weighted by Gasteiger charge is 2.11. The minimum absolute atomic E-state index is 0.244. The van der Waals surface area contributed by atoms with Gasteiger partial charge in [0.2, 0.25) is 0 Å². The fraction of sp³-hybridized carbons (Fsp3) is 0.214. The molecule has 0 spiro atoms. The monoisotopic (exact) mass is 286 g/mol. The number of thiazole rings is 1. The molecule has 20 heavy (non-hydrogen) atoms. The predicted molar refractivity (Wildman–Crippen MR) is 78.2 cm³/mol. The molecule has 2 aromatic heterocycles. The van der Waals surface area contributed by atoms with E-state index in [4.69, 9.17) is 5.73 Å². The van der Waals surface area contributed by atoms with Gasteiger partial charge in [-0.25, -0.2) is 9.97 Å². The summed E-state index contributed by atoms with van der Waals surface area (Å²) in [6, 6.07) is 3.48. The summed E-state index contributed by atoms with van der Waals surface area (Å²) in [6.45, 7) is 2.55. The summed E-state index contributed by atoms with van der Waals surface area (Å²) in [6.07, 6.45) is 1.57. The van der Waals surface area contributed by atoms with E-state index in [1.54, 1.807) is 29.7 Å². The highest BCUT2D eigenvalue weighted by atomic mass is 32.1. The molecule has 0 saturated heterocycles. The summed E-state index contributed by atoms with van der Waals surface area (Å²) in [5.74, 6) is 5.30. The van der Waals surface area contributed by atoms with E-state index in [2.05, 4.69) is 27.1 Å². The minimum atomic E-state index is -0.266. The van der Waals surface area contributed by atoms with Gasteiger partial charge in [-0.05, 0) is 19.1 Å². The van der Waals surface area contributed by atoms with Crippen LogP contribution in [0.25, 0.3) is 0 Å².